The summed E-state index contributed by atoms with van der Waals surface area (Å²) in [5, 5.41) is 54.7. The molecule has 7 atom stereocenters. The lowest BCUT2D eigenvalue weighted by molar-refractivity contribution is -0.302. The Bertz CT molecular complexity index is 2120. The maximum absolute atomic E-state index is 13.1. The largest absolute Gasteiger partial charge is 0.394 e. The van der Waals surface area contributed by atoms with E-state index in [0.717, 1.165) is 128 Å². The summed E-state index contributed by atoms with van der Waals surface area (Å²) in [5.41, 5.74) is 0. The van der Waals surface area contributed by atoms with E-state index in [-0.39, 0.29) is 12.5 Å². The first-order valence-corrected chi connectivity index (χ1v) is 37.0. The number of hydrogen-bond acceptors (Lipinski definition) is 8. The number of hydrogen-bond donors (Lipinski definition) is 6. The van der Waals surface area contributed by atoms with Gasteiger partial charge in [0.1, 0.15) is 24.4 Å². The first-order chi connectivity index (χ1) is 45.3. The van der Waals surface area contributed by atoms with Crippen molar-refractivity contribution < 1.29 is 39.8 Å². The van der Waals surface area contributed by atoms with Crippen LogP contribution < -0.4 is 5.32 Å². The number of rotatable bonds is 62. The first kappa shape index (κ1) is 85.3. The summed E-state index contributed by atoms with van der Waals surface area (Å²) in [4.78, 5) is 13.1. The van der Waals surface area contributed by atoms with Crippen molar-refractivity contribution in [3.63, 3.8) is 0 Å². The Balaban J connectivity index is 2.21. The highest BCUT2D eigenvalue weighted by atomic mass is 16.7. The van der Waals surface area contributed by atoms with E-state index in [4.69, 9.17) is 9.47 Å². The number of nitrogens with one attached hydrogen (secondary N) is 1. The Kier molecular flexibility index (Phi) is 64.1. The lowest BCUT2D eigenvalue weighted by atomic mass is 9.99. The molecule has 0 saturated carbocycles. The molecule has 0 aromatic carbocycles. The van der Waals surface area contributed by atoms with Crippen molar-refractivity contribution in [3.05, 3.63) is 182 Å². The lowest BCUT2D eigenvalue weighted by Gasteiger charge is -2.40. The first-order valence-electron chi connectivity index (χ1n) is 37.0. The predicted molar refractivity (Wildman–Crippen MR) is 395 cm³/mol. The minimum Gasteiger partial charge on any atom is -0.394 e. The molecule has 1 aliphatic rings. The molecule has 1 fully saturated rings. The molecule has 1 amide bonds. The van der Waals surface area contributed by atoms with Crippen LogP contribution in [0.25, 0.3) is 0 Å². The van der Waals surface area contributed by atoms with Crippen molar-refractivity contribution in [2.75, 3.05) is 13.2 Å². The van der Waals surface area contributed by atoms with Crippen molar-refractivity contribution in [2.24, 2.45) is 0 Å². The summed E-state index contributed by atoms with van der Waals surface area (Å²) in [6, 6.07) is -0.858. The molecule has 6 N–H and O–H groups in total. The normalized spacial score (nSPS) is 18.8. The summed E-state index contributed by atoms with van der Waals surface area (Å²) < 4.78 is 11.3. The molecule has 0 bridgehead atoms. The van der Waals surface area contributed by atoms with Gasteiger partial charge in [0.05, 0.1) is 25.4 Å². The summed E-state index contributed by atoms with van der Waals surface area (Å²) >= 11 is 0. The molecule has 1 heterocycles. The minimum atomic E-state index is -1.59. The maximum atomic E-state index is 13.1. The van der Waals surface area contributed by atoms with Crippen molar-refractivity contribution in [1.82, 2.24) is 5.32 Å². The van der Waals surface area contributed by atoms with E-state index >= 15 is 0 Å². The molecule has 92 heavy (non-hydrogen) atoms. The molecule has 9 nitrogen and oxygen atoms in total. The fourth-order valence-electron chi connectivity index (χ4n) is 10.5. The number of allylic oxidation sites excluding steroid dienone is 29. The molecule has 1 saturated heterocycles. The average Bonchev–Trinajstić information content (AvgIpc) is 1.00. The topological polar surface area (TPSA) is 149 Å². The molecule has 0 aromatic rings. The second-order valence-corrected chi connectivity index (χ2v) is 24.6. The highest BCUT2D eigenvalue weighted by Gasteiger charge is 2.44. The van der Waals surface area contributed by atoms with Gasteiger partial charge in [-0.15, -0.1) is 0 Å². The van der Waals surface area contributed by atoms with Gasteiger partial charge in [-0.05, 0) is 135 Å². The molecule has 1 aliphatic heterocycles. The maximum Gasteiger partial charge on any atom is 0.220 e. The number of carbonyl (C=O) groups is 1. The fourth-order valence-corrected chi connectivity index (χ4v) is 10.5. The Morgan fingerprint density at radius 2 is 0.685 bits per heavy atom. The van der Waals surface area contributed by atoms with Gasteiger partial charge in [-0.3, -0.25) is 4.79 Å². The lowest BCUT2D eigenvalue weighted by Crippen LogP contribution is -2.60. The van der Waals surface area contributed by atoms with Gasteiger partial charge in [-0.25, -0.2) is 0 Å². The van der Waals surface area contributed by atoms with Crippen LogP contribution in [0.2, 0.25) is 0 Å². The molecule has 7 unspecified atom stereocenters. The quantitative estimate of drug-likeness (QED) is 0.0261. The summed E-state index contributed by atoms with van der Waals surface area (Å²) in [5.74, 6) is -0.221. The molecular weight excluding hydrogens is 1140 g/mol. The number of unbranched alkanes of at least 4 members (excludes halogenated alkanes) is 24. The average molecular weight is 1270 g/mol. The minimum absolute atomic E-state index is 0.221. The summed E-state index contributed by atoms with van der Waals surface area (Å²) in [7, 11) is 0. The Morgan fingerprint density at radius 3 is 1.04 bits per heavy atom. The van der Waals surface area contributed by atoms with Gasteiger partial charge >= 0.3 is 0 Å². The Labute approximate surface area is 563 Å². The Morgan fingerprint density at radius 1 is 0.380 bits per heavy atom. The van der Waals surface area contributed by atoms with Gasteiger partial charge in [0.25, 0.3) is 0 Å². The number of carbonyl (C=O) groups excluding carboxylic acids is 1. The van der Waals surface area contributed by atoms with Crippen LogP contribution in [0.4, 0.5) is 0 Å². The predicted octanol–water partition coefficient (Wildman–Crippen LogP) is 21.0. The van der Waals surface area contributed by atoms with Gasteiger partial charge in [-0.1, -0.05) is 318 Å². The van der Waals surface area contributed by atoms with Crippen molar-refractivity contribution in [2.45, 2.75) is 320 Å². The third-order valence-electron chi connectivity index (χ3n) is 16.2. The fraction of sp³-hybridized carbons (Fsp3) is 0.627. The molecule has 0 aromatic heterocycles. The van der Waals surface area contributed by atoms with E-state index in [1.165, 1.54) is 116 Å². The van der Waals surface area contributed by atoms with Gasteiger partial charge in [0, 0.05) is 6.42 Å². The molecule has 0 radical (unpaired) electrons. The molecule has 0 aliphatic carbocycles. The van der Waals surface area contributed by atoms with E-state index in [2.05, 4.69) is 189 Å². The highest BCUT2D eigenvalue weighted by Crippen LogP contribution is 2.23. The number of amides is 1. The van der Waals surface area contributed by atoms with Crippen molar-refractivity contribution >= 4 is 5.91 Å². The van der Waals surface area contributed by atoms with E-state index in [9.17, 15) is 30.3 Å². The van der Waals surface area contributed by atoms with Crippen LogP contribution >= 0.6 is 0 Å². The van der Waals surface area contributed by atoms with Gasteiger partial charge in [-0.2, -0.15) is 0 Å². The highest BCUT2D eigenvalue weighted by molar-refractivity contribution is 5.76. The van der Waals surface area contributed by atoms with Crippen molar-refractivity contribution in [1.29, 1.82) is 0 Å². The third kappa shape index (κ3) is 56.8. The zero-order valence-corrected chi connectivity index (χ0v) is 58.2. The zero-order valence-electron chi connectivity index (χ0n) is 58.2. The van der Waals surface area contributed by atoms with Gasteiger partial charge in [0.15, 0.2) is 6.29 Å². The zero-order chi connectivity index (χ0) is 66.4. The smallest absolute Gasteiger partial charge is 0.220 e. The van der Waals surface area contributed by atoms with Crippen LogP contribution in [0.3, 0.4) is 0 Å². The second-order valence-electron chi connectivity index (χ2n) is 24.6. The van der Waals surface area contributed by atoms with Crippen LogP contribution in [0, 0.1) is 0 Å². The second kappa shape index (κ2) is 69.1. The molecule has 1 rings (SSSR count). The molecular formula is C83H135NO8. The standard InChI is InChI=1S/C83H135NO8/c1-3-5-7-9-11-13-15-17-19-21-23-25-27-29-31-33-34-35-36-37-38-39-40-41-42-43-44-45-47-49-51-53-55-57-59-61-63-65-67-69-71-73-79(87)84-76(75-91-83-82(90)81(89)80(88)78(74-85)92-83)77(86)72-70-68-66-64-62-60-58-56-54-52-50-48-46-32-30-28-26-24-22-20-18-16-14-12-10-8-6-4-2/h5,7,11,13,17,19,23,25,29,31,34-35,37-38,40-41,43-44,47,49,53-56,59,61-62,64,70,72,76-78,80-83,85-86,88-90H,3-4,6,8-10,12,14-16,18,20-22,24,26-28,30,32-33,36,39,42,45-46,48,50-52,57-58,60,63,65-69,71,73-75H2,1-2H3,(H,84,87)/b7-5-,13-11-,19-17-,25-23-,31-29-,35-34-,38-37-,41-40-,44-43-,49-47-,55-53-,56-54+,61-59-,64-62+,72-70+. The van der Waals surface area contributed by atoms with Crippen LogP contribution in [0.1, 0.15) is 277 Å². The van der Waals surface area contributed by atoms with E-state index < -0.39 is 49.5 Å². The summed E-state index contributed by atoms with van der Waals surface area (Å²) in [6.45, 7) is 3.64. The molecule has 9 heteroatoms. The third-order valence-corrected chi connectivity index (χ3v) is 16.2. The van der Waals surface area contributed by atoms with E-state index in [1.807, 2.05) is 6.08 Å². The van der Waals surface area contributed by atoms with Gasteiger partial charge < -0.3 is 40.3 Å². The van der Waals surface area contributed by atoms with E-state index in [0.29, 0.717) is 19.3 Å². The molecule has 520 valence electrons. The van der Waals surface area contributed by atoms with Crippen molar-refractivity contribution in [3.8, 4) is 0 Å². The number of ether oxygens (including phenoxy) is 2. The van der Waals surface area contributed by atoms with Crippen LogP contribution in [-0.4, -0.2) is 87.5 Å². The van der Waals surface area contributed by atoms with Gasteiger partial charge in [0.2, 0.25) is 5.91 Å². The Hall–Kier alpha value is -4.71. The monoisotopic (exact) mass is 1270 g/mol. The van der Waals surface area contributed by atoms with Crippen LogP contribution in [0.5, 0.6) is 0 Å². The number of aliphatic hydroxyl groups is 5. The van der Waals surface area contributed by atoms with Crippen LogP contribution in [-0.2, 0) is 14.3 Å². The molecule has 0 spiro atoms. The van der Waals surface area contributed by atoms with Crippen LogP contribution in [0.15, 0.2) is 182 Å². The number of aliphatic hydroxyl groups excluding tert-OH is 5. The summed E-state index contributed by atoms with van der Waals surface area (Å²) in [6.07, 6.45) is 104. The SMILES string of the molecule is CC/C=C\C/C=C\C/C=C\C/C=C\C/C=C\C/C=C\C/C=C\C/C=C\C/C=C\C/C=C\C/C=C\C/C=C\CCCCCCC(=O)NC(COC1OC(CO)C(O)C(O)C1O)C(O)/C=C/CC/C=C/CC/C=C/CCCCCCCCCCCCCCCCCCCC. The van der Waals surface area contributed by atoms with E-state index in [1.54, 1.807) is 6.08 Å².